The largest absolute Gasteiger partial charge is 0.481 e. The van der Waals surface area contributed by atoms with Gasteiger partial charge in [0.05, 0.1) is 5.92 Å². The quantitative estimate of drug-likeness (QED) is 0.691. The molecule has 5 heteroatoms. The van der Waals surface area contributed by atoms with E-state index in [0.29, 0.717) is 12.8 Å². The molecular formula is C11H18N2O3. The molecule has 2 fully saturated rings. The number of aliphatic carboxylic acids is 1. The first-order valence-electron chi connectivity index (χ1n) is 5.91. The van der Waals surface area contributed by atoms with E-state index >= 15 is 0 Å². The normalized spacial score (nSPS) is 30.4. The molecule has 5 nitrogen and oxygen atoms in total. The minimum Gasteiger partial charge on any atom is -0.481 e. The standard InChI is InChI=1S/C11H18N2O3/c14-10(13-5-3-12-4-6-13)8-1-2-9(7-8)11(15)16/h8-9,12H,1-7H2,(H,15,16)/t8-,9+/m1/s1. The highest BCUT2D eigenvalue weighted by Gasteiger charge is 2.35. The van der Waals surface area contributed by atoms with E-state index in [1.54, 1.807) is 0 Å². The smallest absolute Gasteiger partial charge is 0.306 e. The van der Waals surface area contributed by atoms with Crippen molar-refractivity contribution in [2.24, 2.45) is 11.8 Å². The van der Waals surface area contributed by atoms with Gasteiger partial charge in [-0.15, -0.1) is 0 Å². The average molecular weight is 226 g/mol. The van der Waals surface area contributed by atoms with Crippen LogP contribution in [0.1, 0.15) is 19.3 Å². The van der Waals surface area contributed by atoms with Gasteiger partial charge in [0.2, 0.25) is 5.91 Å². The average Bonchev–Trinajstić information content (AvgIpc) is 2.78. The Morgan fingerprint density at radius 1 is 1.12 bits per heavy atom. The molecule has 90 valence electrons. The van der Waals surface area contributed by atoms with E-state index in [4.69, 9.17) is 5.11 Å². The summed E-state index contributed by atoms with van der Waals surface area (Å²) in [6.07, 6.45) is 1.91. The molecule has 0 radical (unpaired) electrons. The molecular weight excluding hydrogens is 208 g/mol. The number of nitrogens with one attached hydrogen (secondary N) is 1. The predicted molar refractivity (Wildman–Crippen MR) is 57.9 cm³/mol. The number of nitrogens with zero attached hydrogens (tertiary/aromatic N) is 1. The van der Waals surface area contributed by atoms with E-state index in [1.165, 1.54) is 0 Å². The van der Waals surface area contributed by atoms with Crippen molar-refractivity contribution in [3.8, 4) is 0 Å². The summed E-state index contributed by atoms with van der Waals surface area (Å²) >= 11 is 0. The van der Waals surface area contributed by atoms with Gasteiger partial charge in [0.15, 0.2) is 0 Å². The Balaban J connectivity index is 1.88. The maximum Gasteiger partial charge on any atom is 0.306 e. The van der Waals surface area contributed by atoms with Gasteiger partial charge in [-0.2, -0.15) is 0 Å². The molecule has 1 heterocycles. The lowest BCUT2D eigenvalue weighted by molar-refractivity contribution is -0.141. The van der Waals surface area contributed by atoms with Gasteiger partial charge in [-0.3, -0.25) is 9.59 Å². The molecule has 2 aliphatic rings. The molecule has 0 bridgehead atoms. The second kappa shape index (κ2) is 4.82. The van der Waals surface area contributed by atoms with Crippen LogP contribution in [0.5, 0.6) is 0 Å². The molecule has 2 atom stereocenters. The summed E-state index contributed by atoms with van der Waals surface area (Å²) in [5.41, 5.74) is 0. The molecule has 0 unspecified atom stereocenters. The number of rotatable bonds is 2. The van der Waals surface area contributed by atoms with Crippen LogP contribution in [0.25, 0.3) is 0 Å². The Morgan fingerprint density at radius 3 is 2.31 bits per heavy atom. The fourth-order valence-corrected chi connectivity index (χ4v) is 2.57. The Hall–Kier alpha value is -1.10. The predicted octanol–water partition coefficient (Wildman–Crippen LogP) is -0.0809. The van der Waals surface area contributed by atoms with E-state index in [0.717, 1.165) is 32.6 Å². The Kier molecular flexibility index (Phi) is 3.43. The van der Waals surface area contributed by atoms with Gasteiger partial charge in [0, 0.05) is 32.1 Å². The number of piperazine rings is 1. The third kappa shape index (κ3) is 2.35. The second-order valence-electron chi connectivity index (χ2n) is 4.62. The van der Waals surface area contributed by atoms with Gasteiger partial charge >= 0.3 is 5.97 Å². The van der Waals surface area contributed by atoms with Crippen LogP contribution in [0.2, 0.25) is 0 Å². The lowest BCUT2D eigenvalue weighted by Gasteiger charge is -2.29. The third-order valence-corrected chi connectivity index (χ3v) is 3.56. The van der Waals surface area contributed by atoms with Gasteiger partial charge in [0.1, 0.15) is 0 Å². The zero-order valence-electron chi connectivity index (χ0n) is 9.32. The minimum absolute atomic E-state index is 0.0563. The van der Waals surface area contributed by atoms with Crippen molar-refractivity contribution in [2.75, 3.05) is 26.2 Å². The van der Waals surface area contributed by atoms with Crippen LogP contribution in [0, 0.1) is 11.8 Å². The van der Waals surface area contributed by atoms with E-state index < -0.39 is 5.97 Å². The van der Waals surface area contributed by atoms with Crippen molar-refractivity contribution in [1.29, 1.82) is 0 Å². The van der Waals surface area contributed by atoms with Crippen LogP contribution < -0.4 is 5.32 Å². The number of carbonyl (C=O) groups is 2. The highest BCUT2D eigenvalue weighted by Crippen LogP contribution is 2.32. The summed E-state index contributed by atoms with van der Waals surface area (Å²) in [4.78, 5) is 24.8. The molecule has 1 saturated carbocycles. The number of hydrogen-bond acceptors (Lipinski definition) is 3. The zero-order valence-corrected chi connectivity index (χ0v) is 9.32. The number of amides is 1. The summed E-state index contributed by atoms with van der Waals surface area (Å²) in [6, 6.07) is 0. The summed E-state index contributed by atoms with van der Waals surface area (Å²) in [5, 5.41) is 12.1. The topological polar surface area (TPSA) is 69.6 Å². The third-order valence-electron chi connectivity index (χ3n) is 3.56. The van der Waals surface area contributed by atoms with Gasteiger partial charge < -0.3 is 15.3 Å². The second-order valence-corrected chi connectivity index (χ2v) is 4.62. The van der Waals surface area contributed by atoms with E-state index in [1.807, 2.05) is 4.90 Å². The number of hydrogen-bond donors (Lipinski definition) is 2. The number of carbonyl (C=O) groups excluding carboxylic acids is 1. The van der Waals surface area contributed by atoms with Gasteiger partial charge in [-0.25, -0.2) is 0 Å². The van der Waals surface area contributed by atoms with Crippen LogP contribution in [-0.4, -0.2) is 48.1 Å². The van der Waals surface area contributed by atoms with E-state index in [-0.39, 0.29) is 17.7 Å². The first kappa shape index (κ1) is 11.4. The molecule has 16 heavy (non-hydrogen) atoms. The SMILES string of the molecule is O=C(O)[C@H]1CC[C@@H](C(=O)N2CCNCC2)C1. The molecule has 0 spiro atoms. The molecule has 1 aliphatic heterocycles. The van der Waals surface area contributed by atoms with Gasteiger partial charge in [0.25, 0.3) is 0 Å². The lowest BCUT2D eigenvalue weighted by Crippen LogP contribution is -2.48. The van der Waals surface area contributed by atoms with Crippen LogP contribution in [0.15, 0.2) is 0 Å². The Bertz CT molecular complexity index is 287. The molecule has 0 aromatic heterocycles. The fraction of sp³-hybridized carbons (Fsp3) is 0.818. The maximum absolute atomic E-state index is 12.1. The zero-order chi connectivity index (χ0) is 11.5. The van der Waals surface area contributed by atoms with Gasteiger partial charge in [-0.05, 0) is 19.3 Å². The van der Waals surface area contributed by atoms with Crippen LogP contribution in [0.3, 0.4) is 0 Å². The molecule has 0 aromatic carbocycles. The van der Waals surface area contributed by atoms with Crippen molar-refractivity contribution in [2.45, 2.75) is 19.3 Å². The lowest BCUT2D eigenvalue weighted by atomic mass is 10.0. The Morgan fingerprint density at radius 2 is 1.75 bits per heavy atom. The molecule has 2 rings (SSSR count). The first-order chi connectivity index (χ1) is 7.68. The van der Waals surface area contributed by atoms with E-state index in [9.17, 15) is 9.59 Å². The number of carboxylic acids is 1. The maximum atomic E-state index is 12.1. The van der Waals surface area contributed by atoms with Crippen molar-refractivity contribution in [3.63, 3.8) is 0 Å². The molecule has 2 N–H and O–H groups in total. The summed E-state index contributed by atoms with van der Waals surface area (Å²) in [5.74, 6) is -0.961. The monoisotopic (exact) mass is 226 g/mol. The molecule has 1 saturated heterocycles. The Labute approximate surface area is 94.8 Å². The summed E-state index contributed by atoms with van der Waals surface area (Å²) < 4.78 is 0. The number of carboxylic acid groups (broad SMARTS) is 1. The van der Waals surface area contributed by atoms with Crippen molar-refractivity contribution < 1.29 is 14.7 Å². The molecule has 0 aromatic rings. The molecule has 1 amide bonds. The fourth-order valence-electron chi connectivity index (χ4n) is 2.57. The highest BCUT2D eigenvalue weighted by molar-refractivity contribution is 5.81. The van der Waals surface area contributed by atoms with Crippen molar-refractivity contribution in [3.05, 3.63) is 0 Å². The molecule has 1 aliphatic carbocycles. The van der Waals surface area contributed by atoms with Gasteiger partial charge in [-0.1, -0.05) is 0 Å². The minimum atomic E-state index is -0.754. The van der Waals surface area contributed by atoms with Crippen LogP contribution in [-0.2, 0) is 9.59 Å². The first-order valence-corrected chi connectivity index (χ1v) is 5.91. The van der Waals surface area contributed by atoms with Crippen LogP contribution >= 0.6 is 0 Å². The van der Waals surface area contributed by atoms with Crippen LogP contribution in [0.4, 0.5) is 0 Å². The highest BCUT2D eigenvalue weighted by atomic mass is 16.4. The summed E-state index contributed by atoms with van der Waals surface area (Å²) in [6.45, 7) is 3.21. The van der Waals surface area contributed by atoms with Crippen molar-refractivity contribution in [1.82, 2.24) is 10.2 Å². The van der Waals surface area contributed by atoms with Crippen molar-refractivity contribution >= 4 is 11.9 Å². The summed E-state index contributed by atoms with van der Waals surface area (Å²) in [7, 11) is 0. The van der Waals surface area contributed by atoms with E-state index in [2.05, 4.69) is 5.32 Å².